The minimum absolute atomic E-state index is 0.625. The van der Waals surface area contributed by atoms with E-state index < -0.39 is 0 Å². The first kappa shape index (κ1) is 19.5. The molecule has 0 saturated heterocycles. The summed E-state index contributed by atoms with van der Waals surface area (Å²) in [5.41, 5.74) is 7.86. The van der Waals surface area contributed by atoms with E-state index in [0.717, 1.165) is 44.8 Å². The summed E-state index contributed by atoms with van der Waals surface area (Å²) in [5.74, 6) is 0. The molecule has 0 spiro atoms. The van der Waals surface area contributed by atoms with E-state index in [2.05, 4.69) is 65.0 Å². The van der Waals surface area contributed by atoms with Gasteiger partial charge in [0.25, 0.3) is 0 Å². The van der Waals surface area contributed by atoms with Gasteiger partial charge in [0.05, 0.1) is 22.8 Å². The summed E-state index contributed by atoms with van der Waals surface area (Å²) < 4.78 is 0.625. The topological polar surface area (TPSA) is 57.4 Å². The first-order chi connectivity index (χ1) is 13.8. The van der Waals surface area contributed by atoms with Crippen molar-refractivity contribution in [3.05, 3.63) is 71.3 Å². The van der Waals surface area contributed by atoms with Crippen LogP contribution in [0.1, 0.15) is 43.5 Å². The first-order valence-corrected chi connectivity index (χ1v) is 11.2. The molecular weight excluding hydrogens is 410 g/mol. The van der Waals surface area contributed by atoms with Gasteiger partial charge in [0.2, 0.25) is 0 Å². The second-order valence-electron chi connectivity index (χ2n) is 8.47. The Morgan fingerprint density at radius 2 is 0.828 bits per heavy atom. The molecule has 5 heteroatoms. The number of aromatic amines is 2. The third-order valence-electron chi connectivity index (χ3n) is 4.04. The quantitative estimate of drug-likeness (QED) is 0.278. The Morgan fingerprint density at radius 3 is 1.07 bits per heavy atom. The van der Waals surface area contributed by atoms with Gasteiger partial charge in [-0.1, -0.05) is 0 Å². The molecule has 0 fully saturated rings. The Morgan fingerprint density at radius 1 is 0.586 bits per heavy atom. The molecule has 3 aromatic heterocycles. The zero-order valence-corrected chi connectivity index (χ0v) is 20.0. The molecule has 3 aromatic rings. The average molecular weight is 433 g/mol. The van der Waals surface area contributed by atoms with Crippen LogP contribution in [0.15, 0.2) is 48.5 Å². The van der Waals surface area contributed by atoms with Crippen LogP contribution in [-0.4, -0.2) is 19.9 Å². The zero-order valence-electron chi connectivity index (χ0n) is 17.0. The predicted molar refractivity (Wildman–Crippen MR) is 119 cm³/mol. The van der Waals surface area contributed by atoms with Gasteiger partial charge < -0.3 is 9.97 Å². The zero-order chi connectivity index (χ0) is 20.4. The molecule has 2 aliphatic rings. The normalized spacial score (nSPS) is 12.6. The molecule has 8 bridgehead atoms. The fourth-order valence-corrected chi connectivity index (χ4v) is 2.94. The van der Waals surface area contributed by atoms with E-state index in [0.29, 0.717) is 4.01 Å². The van der Waals surface area contributed by atoms with E-state index in [1.807, 2.05) is 48.6 Å². The Kier molecular flexibility index (Phi) is 5.34. The van der Waals surface area contributed by atoms with Crippen LogP contribution >= 0.6 is 0 Å². The van der Waals surface area contributed by atoms with Crippen LogP contribution < -0.4 is 0 Å². The molecule has 0 amide bonds. The molecule has 0 aromatic carbocycles. The third-order valence-corrected chi connectivity index (χ3v) is 4.04. The van der Waals surface area contributed by atoms with Gasteiger partial charge in [0.15, 0.2) is 0 Å². The van der Waals surface area contributed by atoms with Crippen molar-refractivity contribution in [1.82, 2.24) is 19.9 Å². The molecule has 5 rings (SSSR count). The van der Waals surface area contributed by atoms with Crippen molar-refractivity contribution in [3.63, 3.8) is 0 Å². The van der Waals surface area contributed by atoms with E-state index in [-0.39, 0.29) is 0 Å². The molecule has 0 saturated carbocycles. The molecule has 29 heavy (non-hydrogen) atoms. The Balaban J connectivity index is 0.000000369. The van der Waals surface area contributed by atoms with Gasteiger partial charge in [-0.25, -0.2) is 9.97 Å². The average Bonchev–Trinajstić information content (AvgIpc) is 3.38. The van der Waals surface area contributed by atoms with Crippen LogP contribution in [0, 0.1) is 0 Å². The summed E-state index contributed by atoms with van der Waals surface area (Å²) in [5, 5.41) is 0. The van der Waals surface area contributed by atoms with Crippen LogP contribution in [0.2, 0.25) is 4.01 Å². The Bertz CT molecular complexity index is 1070. The summed E-state index contributed by atoms with van der Waals surface area (Å²) in [7, 11) is 0. The second kappa shape index (κ2) is 7.92. The van der Waals surface area contributed by atoms with Crippen molar-refractivity contribution in [1.29, 1.82) is 0 Å². The summed E-state index contributed by atoms with van der Waals surface area (Å²) in [6, 6.07) is 16.4. The van der Waals surface area contributed by atoms with E-state index in [1.54, 1.807) is 0 Å². The number of H-pyrrole nitrogens is 2. The van der Waals surface area contributed by atoms with Crippen LogP contribution in [0.3, 0.4) is 0 Å². The number of nitrogens with one attached hydrogen (secondary N) is 2. The van der Waals surface area contributed by atoms with E-state index in [9.17, 15) is 0 Å². The summed E-state index contributed by atoms with van der Waals surface area (Å²) in [4.78, 5) is 16.0. The fourth-order valence-electron chi connectivity index (χ4n) is 2.94. The van der Waals surface area contributed by atoms with E-state index in [1.165, 1.54) is 18.3 Å². The van der Waals surface area contributed by atoms with Crippen molar-refractivity contribution < 1.29 is 18.3 Å². The van der Waals surface area contributed by atoms with Gasteiger partial charge in [-0.2, -0.15) is 0 Å². The monoisotopic (exact) mass is 431 g/mol. The molecule has 141 valence electrons. The van der Waals surface area contributed by atoms with Crippen LogP contribution in [0.4, 0.5) is 0 Å². The Hall–Kier alpha value is -2.78. The molecule has 0 aliphatic carbocycles. The molecule has 0 atom stereocenters. The van der Waals surface area contributed by atoms with Gasteiger partial charge in [-0.3, -0.25) is 0 Å². The van der Waals surface area contributed by atoms with Crippen molar-refractivity contribution in [2.45, 2.75) is 24.8 Å². The number of nitrogens with zero attached hydrogens (tertiary/aromatic N) is 2. The summed E-state index contributed by atoms with van der Waals surface area (Å²) in [6.45, 7) is 6.73. The SMILES string of the molecule is C1=Cc2cc3ccc(cc4nc(cc5ccc(cc1n2)[nH]5)C=C4)[nH]3.C[C](C)(C)[Zn]. The molecule has 5 heterocycles. The summed E-state index contributed by atoms with van der Waals surface area (Å²) in [6.07, 6.45) is 8.09. The van der Waals surface area contributed by atoms with Gasteiger partial charge >= 0.3 is 43.1 Å². The van der Waals surface area contributed by atoms with Gasteiger partial charge in [-0.05, 0) is 72.8 Å². The molecule has 2 aliphatic heterocycles. The third kappa shape index (κ3) is 5.61. The van der Waals surface area contributed by atoms with Crippen molar-refractivity contribution in [2.75, 3.05) is 0 Å². The first-order valence-electron chi connectivity index (χ1n) is 9.70. The van der Waals surface area contributed by atoms with Gasteiger partial charge in [0, 0.05) is 22.1 Å². The number of aromatic nitrogens is 4. The number of fused-ring (bicyclic) bond motifs is 8. The maximum absolute atomic E-state index is 4.63. The van der Waals surface area contributed by atoms with Crippen LogP contribution in [0.5, 0.6) is 0 Å². The van der Waals surface area contributed by atoms with E-state index in [4.69, 9.17) is 0 Å². The molecule has 4 nitrogen and oxygen atoms in total. The molecule has 0 radical (unpaired) electrons. The van der Waals surface area contributed by atoms with Crippen molar-refractivity contribution in [2.24, 2.45) is 0 Å². The molecule has 2 N–H and O–H groups in total. The van der Waals surface area contributed by atoms with Crippen LogP contribution in [-0.2, 0) is 18.3 Å². The van der Waals surface area contributed by atoms with Gasteiger partial charge in [-0.15, -0.1) is 0 Å². The second-order valence-corrected chi connectivity index (χ2v) is 12.9. The number of hydrogen-bond acceptors (Lipinski definition) is 2. The minimum atomic E-state index is 0.625. The number of rotatable bonds is 0. The standard InChI is InChI=1S/C20H14N4.C4H9.Zn/c1-2-14-10-16-5-6-18(23-16)12-20-8-7-19(24-20)11-17-4-3-15(22-17)9-13(1)21-14;1-4(2)3;/h1-12,21,24H;1-3H3;. The number of hydrogen-bond donors (Lipinski definition) is 2. The van der Waals surface area contributed by atoms with E-state index >= 15 is 0 Å². The fraction of sp³-hybridized carbons (Fsp3) is 0.167. The van der Waals surface area contributed by atoms with Crippen molar-refractivity contribution in [3.8, 4) is 0 Å². The van der Waals surface area contributed by atoms with Crippen LogP contribution in [0.25, 0.3) is 46.4 Å². The Labute approximate surface area is 180 Å². The maximum atomic E-state index is 4.63. The van der Waals surface area contributed by atoms with Gasteiger partial charge in [0.1, 0.15) is 0 Å². The van der Waals surface area contributed by atoms with Crippen molar-refractivity contribution >= 4 is 46.4 Å². The summed E-state index contributed by atoms with van der Waals surface area (Å²) >= 11 is 1.40. The molecule has 0 unspecified atom stereocenters. The molecular formula is C24H23N4Zn. The predicted octanol–water partition coefficient (Wildman–Crippen LogP) is 6.41.